The first-order valence-corrected chi connectivity index (χ1v) is 11.3. The van der Waals surface area contributed by atoms with Gasteiger partial charge < -0.3 is 21.0 Å². The van der Waals surface area contributed by atoms with Crippen molar-refractivity contribution in [2.24, 2.45) is 5.16 Å². The molecule has 1 aromatic rings. The Balaban J connectivity index is 2.20. The zero-order valence-electron chi connectivity index (χ0n) is 16.8. The molecule has 1 aliphatic rings. The summed E-state index contributed by atoms with van der Waals surface area (Å²) in [4.78, 5) is 57.6. The number of urea groups is 1. The van der Waals surface area contributed by atoms with Gasteiger partial charge in [-0.2, -0.15) is 0 Å². The minimum absolute atomic E-state index is 0.0210. The average Bonchev–Trinajstić information content (AvgIpc) is 3.04. The molecule has 1 aromatic heterocycles. The van der Waals surface area contributed by atoms with Crippen LogP contribution in [0.4, 0.5) is 9.93 Å². The van der Waals surface area contributed by atoms with Crippen LogP contribution in [0.2, 0.25) is 0 Å². The van der Waals surface area contributed by atoms with Gasteiger partial charge in [-0.3, -0.25) is 14.5 Å². The van der Waals surface area contributed by atoms with Crippen LogP contribution in [0.1, 0.15) is 26.5 Å². The number of anilines is 1. The Hall–Kier alpha value is -3.27. The third-order valence-corrected chi connectivity index (χ3v) is 5.25. The summed E-state index contributed by atoms with van der Waals surface area (Å²) in [6.45, 7) is 3.83. The predicted octanol–water partition coefficient (Wildman–Crippen LogP) is -1.31. The molecule has 16 heteroatoms. The molecule has 4 amide bonds. The fraction of sp³-hybridized carbons (Fsp3) is 0.467. The Kier molecular flexibility index (Phi) is 6.55. The van der Waals surface area contributed by atoms with Crippen LogP contribution in [-0.2, 0) is 29.2 Å². The summed E-state index contributed by atoms with van der Waals surface area (Å²) in [6.07, 6.45) is 0.750. The van der Waals surface area contributed by atoms with Gasteiger partial charge in [0.1, 0.15) is 11.7 Å². The monoisotopic (exact) mass is 476 g/mol. The van der Waals surface area contributed by atoms with Crippen LogP contribution in [0.15, 0.2) is 10.5 Å². The third-order valence-electron chi connectivity index (χ3n) is 4.03. The highest BCUT2D eigenvalue weighted by Gasteiger charge is 2.50. The molecule has 1 saturated heterocycles. The third kappa shape index (κ3) is 5.46. The summed E-state index contributed by atoms with van der Waals surface area (Å²) in [5, 5.41) is 16.5. The van der Waals surface area contributed by atoms with Crippen molar-refractivity contribution in [2.45, 2.75) is 38.5 Å². The van der Waals surface area contributed by atoms with E-state index in [2.05, 4.69) is 15.5 Å². The van der Waals surface area contributed by atoms with Crippen LogP contribution in [0.3, 0.4) is 0 Å². The lowest BCUT2D eigenvalue weighted by Gasteiger charge is -2.43. The number of nitrogens with zero attached hydrogens (tertiary/aromatic N) is 3. The van der Waals surface area contributed by atoms with E-state index in [1.807, 2.05) is 0 Å². The van der Waals surface area contributed by atoms with Crippen LogP contribution in [0.5, 0.6) is 0 Å². The molecule has 0 spiro atoms. The number of hydrogen-bond donors (Lipinski definition) is 4. The Bertz CT molecular complexity index is 1060. The summed E-state index contributed by atoms with van der Waals surface area (Å²) in [5.41, 5.74) is 3.33. The van der Waals surface area contributed by atoms with Crippen molar-refractivity contribution < 1.29 is 37.5 Å². The Morgan fingerprint density at radius 2 is 2.00 bits per heavy atom. The van der Waals surface area contributed by atoms with Gasteiger partial charge in [0.2, 0.25) is 15.6 Å². The molecule has 0 unspecified atom stereocenters. The summed E-state index contributed by atoms with van der Waals surface area (Å²) in [7, 11) is -3.89. The number of hydrogen-bond acceptors (Lipinski definition) is 11. The molecule has 2 rings (SSSR count). The standard InChI is InChI=1S/C15H20N6O8S2/c1-6-8(11(23)21(6)14(26)20-31(4,27)28)18-10(22)9(7-5-30-13(16)17-7)19-29-15(2,3)12(24)25/h5-6,8H,1-4H3,(H2,16,17)(H,18,22)(H,20,26)(H,24,25)/t6-,8-/m0/s1. The van der Waals surface area contributed by atoms with Gasteiger partial charge in [0.05, 0.1) is 12.3 Å². The molecular weight excluding hydrogens is 456 g/mol. The van der Waals surface area contributed by atoms with Gasteiger partial charge in [0.15, 0.2) is 10.8 Å². The Labute approximate surface area is 180 Å². The van der Waals surface area contributed by atoms with Crippen LogP contribution in [0.25, 0.3) is 0 Å². The van der Waals surface area contributed by atoms with Crippen molar-refractivity contribution in [2.75, 3.05) is 12.0 Å². The molecule has 2 atom stereocenters. The van der Waals surface area contributed by atoms with Crippen molar-refractivity contribution in [1.82, 2.24) is 19.9 Å². The highest BCUT2D eigenvalue weighted by Crippen LogP contribution is 2.21. The van der Waals surface area contributed by atoms with E-state index in [4.69, 9.17) is 15.7 Å². The number of sulfonamides is 1. The molecule has 5 N–H and O–H groups in total. The van der Waals surface area contributed by atoms with Crippen LogP contribution < -0.4 is 15.8 Å². The minimum atomic E-state index is -3.89. The number of amides is 4. The number of carboxylic acids is 1. The summed E-state index contributed by atoms with van der Waals surface area (Å²) < 4.78 is 24.0. The summed E-state index contributed by atoms with van der Waals surface area (Å²) in [6, 6.07) is -3.21. The predicted molar refractivity (Wildman–Crippen MR) is 107 cm³/mol. The number of carbonyl (C=O) groups is 4. The molecule has 0 bridgehead atoms. The molecule has 1 aliphatic heterocycles. The number of imide groups is 1. The highest BCUT2D eigenvalue weighted by atomic mass is 32.2. The second kappa shape index (κ2) is 8.46. The van der Waals surface area contributed by atoms with Gasteiger partial charge in [0.25, 0.3) is 11.8 Å². The smallest absolute Gasteiger partial charge is 0.350 e. The lowest BCUT2D eigenvalue weighted by Crippen LogP contribution is -2.73. The van der Waals surface area contributed by atoms with Crippen LogP contribution in [-0.4, -0.2) is 76.9 Å². The maximum absolute atomic E-state index is 12.7. The summed E-state index contributed by atoms with van der Waals surface area (Å²) in [5.74, 6) is -3.14. The first-order valence-electron chi connectivity index (χ1n) is 8.50. The molecular formula is C15H20N6O8S2. The second-order valence-electron chi connectivity index (χ2n) is 7.00. The fourth-order valence-electron chi connectivity index (χ4n) is 2.31. The van der Waals surface area contributed by atoms with Crippen molar-refractivity contribution in [3.05, 3.63) is 11.1 Å². The first kappa shape index (κ1) is 24.0. The first-order chi connectivity index (χ1) is 14.1. The average molecular weight is 476 g/mol. The number of nitrogens with two attached hydrogens (primary N) is 1. The number of nitrogen functional groups attached to an aromatic ring is 1. The van der Waals surface area contributed by atoms with Crippen LogP contribution >= 0.6 is 11.3 Å². The van der Waals surface area contributed by atoms with E-state index in [0.717, 1.165) is 17.6 Å². The lowest BCUT2D eigenvalue weighted by atomic mass is 9.97. The lowest BCUT2D eigenvalue weighted by molar-refractivity contribution is -0.161. The maximum atomic E-state index is 12.7. The van der Waals surface area contributed by atoms with Gasteiger partial charge in [-0.05, 0) is 20.8 Å². The second-order valence-corrected chi connectivity index (χ2v) is 9.64. The normalized spacial score (nSPS) is 19.4. The van der Waals surface area contributed by atoms with Gasteiger partial charge in [-0.1, -0.05) is 5.16 Å². The largest absolute Gasteiger partial charge is 0.478 e. The number of rotatable bonds is 7. The number of β-lactam (4-membered cyclic amide) rings is 1. The van der Waals surface area contributed by atoms with E-state index in [1.165, 1.54) is 26.2 Å². The van der Waals surface area contributed by atoms with Gasteiger partial charge >= 0.3 is 12.0 Å². The van der Waals surface area contributed by atoms with E-state index >= 15 is 0 Å². The van der Waals surface area contributed by atoms with Gasteiger partial charge in [0, 0.05) is 5.38 Å². The summed E-state index contributed by atoms with van der Waals surface area (Å²) >= 11 is 0.988. The van der Waals surface area contributed by atoms with E-state index < -0.39 is 57.2 Å². The fourth-order valence-corrected chi connectivity index (χ4v) is 3.27. The van der Waals surface area contributed by atoms with Gasteiger partial charge in [-0.15, -0.1) is 11.3 Å². The maximum Gasteiger partial charge on any atom is 0.350 e. The number of aliphatic carboxylic acids is 1. The number of thiazole rings is 1. The number of carboxylic acid groups (broad SMARTS) is 1. The topological polar surface area (TPSA) is 210 Å². The zero-order chi connectivity index (χ0) is 23.7. The van der Waals surface area contributed by atoms with Crippen molar-refractivity contribution in [1.29, 1.82) is 0 Å². The Morgan fingerprint density at radius 1 is 1.39 bits per heavy atom. The van der Waals surface area contributed by atoms with E-state index in [0.29, 0.717) is 4.90 Å². The zero-order valence-corrected chi connectivity index (χ0v) is 18.4. The molecule has 0 aliphatic carbocycles. The van der Waals surface area contributed by atoms with E-state index in [1.54, 1.807) is 4.72 Å². The Morgan fingerprint density at radius 3 is 2.45 bits per heavy atom. The molecule has 0 aromatic carbocycles. The number of carbonyl (C=O) groups excluding carboxylic acids is 3. The molecule has 0 saturated carbocycles. The molecule has 0 radical (unpaired) electrons. The van der Waals surface area contributed by atoms with Crippen LogP contribution in [0, 0.1) is 0 Å². The molecule has 1 fully saturated rings. The number of nitrogens with one attached hydrogen (secondary N) is 2. The van der Waals surface area contributed by atoms with Crippen molar-refractivity contribution in [3.8, 4) is 0 Å². The van der Waals surface area contributed by atoms with E-state index in [-0.39, 0.29) is 10.8 Å². The van der Waals surface area contributed by atoms with Crippen molar-refractivity contribution >= 4 is 56.0 Å². The molecule has 31 heavy (non-hydrogen) atoms. The number of aromatic nitrogens is 1. The molecule has 170 valence electrons. The quantitative estimate of drug-likeness (QED) is 0.207. The highest BCUT2D eigenvalue weighted by molar-refractivity contribution is 7.89. The number of likely N-dealkylation sites (tertiary alicyclic amines) is 1. The van der Waals surface area contributed by atoms with Crippen molar-refractivity contribution in [3.63, 3.8) is 0 Å². The van der Waals surface area contributed by atoms with Gasteiger partial charge in [-0.25, -0.2) is 27.7 Å². The SMILES string of the molecule is C[C@H]1[C@H](NC(=O)C(=NOC(C)(C)C(=O)O)c2csc(N)n2)C(=O)N1C(=O)NS(C)(=O)=O. The molecule has 14 nitrogen and oxygen atoms in total. The minimum Gasteiger partial charge on any atom is -0.478 e. The molecule has 2 heterocycles. The van der Waals surface area contributed by atoms with E-state index in [9.17, 15) is 27.6 Å². The number of oxime groups is 1.